The number of piperidine rings is 1. The van der Waals surface area contributed by atoms with Gasteiger partial charge in [-0.25, -0.2) is 0 Å². The molecular weight excluding hydrogens is 274 g/mol. The van der Waals surface area contributed by atoms with Gasteiger partial charge >= 0.3 is 5.97 Å². The molecule has 1 saturated heterocycles. The predicted molar refractivity (Wildman–Crippen MR) is 73.3 cm³/mol. The van der Waals surface area contributed by atoms with E-state index < -0.39 is 18.0 Å². The van der Waals surface area contributed by atoms with E-state index in [1.54, 1.807) is 17.0 Å². The summed E-state index contributed by atoms with van der Waals surface area (Å²) < 4.78 is 11.2. The second kappa shape index (κ2) is 5.63. The van der Waals surface area contributed by atoms with Gasteiger partial charge in [0, 0.05) is 13.1 Å². The first-order chi connectivity index (χ1) is 10.1. The van der Waals surface area contributed by atoms with E-state index in [1.807, 2.05) is 12.1 Å². The fraction of sp³-hybridized carbons (Fsp3) is 0.467. The number of para-hydroxylation sites is 2. The van der Waals surface area contributed by atoms with Crippen molar-refractivity contribution in [3.63, 3.8) is 0 Å². The topological polar surface area (TPSA) is 76.1 Å². The van der Waals surface area contributed by atoms with Gasteiger partial charge in [0.2, 0.25) is 6.10 Å². The molecule has 1 unspecified atom stereocenters. The Balaban J connectivity index is 1.67. The van der Waals surface area contributed by atoms with Crippen molar-refractivity contribution in [1.82, 2.24) is 4.90 Å². The first-order valence-corrected chi connectivity index (χ1v) is 7.05. The third-order valence-electron chi connectivity index (χ3n) is 3.87. The molecule has 0 radical (unpaired) electrons. The summed E-state index contributed by atoms with van der Waals surface area (Å²) in [6.45, 7) is 0.976. The highest BCUT2D eigenvalue weighted by Crippen LogP contribution is 2.31. The van der Waals surface area contributed by atoms with Crippen molar-refractivity contribution in [3.05, 3.63) is 24.3 Å². The standard InChI is InChI=1S/C15H17NO5/c17-14(16-7-3-4-10(8-16)15(18)19)13-9-20-11-5-1-2-6-12(11)21-13/h1-2,5-6,10,13H,3-4,7-9H2,(H,18,19)/t10-,13?/m1/s1. The van der Waals surface area contributed by atoms with E-state index in [-0.39, 0.29) is 19.1 Å². The highest BCUT2D eigenvalue weighted by Gasteiger charge is 2.35. The van der Waals surface area contributed by atoms with E-state index in [1.165, 1.54) is 0 Å². The molecule has 112 valence electrons. The number of ether oxygens (including phenoxy) is 2. The molecule has 1 N–H and O–H groups in total. The Kier molecular flexibility index (Phi) is 3.68. The number of carbonyl (C=O) groups is 2. The molecule has 6 nitrogen and oxygen atoms in total. The fourth-order valence-electron chi connectivity index (χ4n) is 2.72. The van der Waals surface area contributed by atoms with Crippen LogP contribution in [0.1, 0.15) is 12.8 Å². The second-order valence-electron chi connectivity index (χ2n) is 5.33. The lowest BCUT2D eigenvalue weighted by Crippen LogP contribution is -2.50. The SMILES string of the molecule is O=C(O)[C@@H]1CCCN(C(=O)C2COc3ccccc3O2)C1. The van der Waals surface area contributed by atoms with Crippen LogP contribution in [-0.2, 0) is 9.59 Å². The zero-order chi connectivity index (χ0) is 14.8. The summed E-state index contributed by atoms with van der Waals surface area (Å²) in [7, 11) is 0. The lowest BCUT2D eigenvalue weighted by Gasteiger charge is -2.34. The molecule has 1 aromatic carbocycles. The van der Waals surface area contributed by atoms with Gasteiger partial charge in [-0.05, 0) is 25.0 Å². The number of nitrogens with zero attached hydrogens (tertiary/aromatic N) is 1. The number of hydrogen-bond acceptors (Lipinski definition) is 4. The Labute approximate surface area is 122 Å². The van der Waals surface area contributed by atoms with Crippen molar-refractivity contribution < 1.29 is 24.2 Å². The number of likely N-dealkylation sites (tertiary alicyclic amines) is 1. The molecule has 6 heteroatoms. The van der Waals surface area contributed by atoms with Crippen molar-refractivity contribution in [1.29, 1.82) is 0 Å². The molecule has 2 aliphatic rings. The first kappa shape index (κ1) is 13.7. The highest BCUT2D eigenvalue weighted by atomic mass is 16.6. The van der Waals surface area contributed by atoms with Gasteiger partial charge in [0.15, 0.2) is 11.5 Å². The number of carbonyl (C=O) groups excluding carboxylic acids is 1. The molecule has 1 amide bonds. The van der Waals surface area contributed by atoms with Crippen molar-refractivity contribution in [2.45, 2.75) is 18.9 Å². The summed E-state index contributed by atoms with van der Waals surface area (Å²) in [4.78, 5) is 25.1. The van der Waals surface area contributed by atoms with Gasteiger partial charge < -0.3 is 19.5 Å². The number of aliphatic carboxylic acids is 1. The van der Waals surface area contributed by atoms with Gasteiger partial charge in [0.1, 0.15) is 6.61 Å². The molecule has 0 spiro atoms. The molecule has 1 aromatic rings. The van der Waals surface area contributed by atoms with Gasteiger partial charge in [-0.2, -0.15) is 0 Å². The number of fused-ring (bicyclic) bond motifs is 1. The van der Waals surface area contributed by atoms with Gasteiger partial charge in [0.05, 0.1) is 5.92 Å². The summed E-state index contributed by atoms with van der Waals surface area (Å²) >= 11 is 0. The average molecular weight is 291 g/mol. The quantitative estimate of drug-likeness (QED) is 0.884. The van der Waals surface area contributed by atoms with E-state index in [0.717, 1.165) is 0 Å². The van der Waals surface area contributed by atoms with E-state index >= 15 is 0 Å². The van der Waals surface area contributed by atoms with Crippen LogP contribution in [-0.4, -0.2) is 47.7 Å². The Morgan fingerprint density at radius 1 is 1.24 bits per heavy atom. The van der Waals surface area contributed by atoms with E-state index in [4.69, 9.17) is 14.6 Å². The van der Waals surface area contributed by atoms with Crippen LogP contribution in [0.2, 0.25) is 0 Å². The lowest BCUT2D eigenvalue weighted by molar-refractivity contribution is -0.149. The molecule has 1 fully saturated rings. The van der Waals surface area contributed by atoms with Crippen LogP contribution in [0.15, 0.2) is 24.3 Å². The van der Waals surface area contributed by atoms with Crippen molar-refractivity contribution >= 4 is 11.9 Å². The summed E-state index contributed by atoms with van der Waals surface area (Å²) in [6, 6.07) is 7.20. The monoisotopic (exact) mass is 291 g/mol. The molecule has 2 atom stereocenters. The molecule has 0 saturated carbocycles. The molecule has 2 aliphatic heterocycles. The zero-order valence-electron chi connectivity index (χ0n) is 11.5. The van der Waals surface area contributed by atoms with Crippen LogP contribution in [0.3, 0.4) is 0 Å². The van der Waals surface area contributed by atoms with Crippen LogP contribution in [0.5, 0.6) is 11.5 Å². The minimum atomic E-state index is -0.848. The minimum absolute atomic E-state index is 0.157. The molecule has 2 heterocycles. The Morgan fingerprint density at radius 3 is 2.76 bits per heavy atom. The molecule has 0 bridgehead atoms. The highest BCUT2D eigenvalue weighted by molar-refractivity contribution is 5.83. The van der Waals surface area contributed by atoms with Gasteiger partial charge in [-0.3, -0.25) is 9.59 Å². The number of benzene rings is 1. The number of rotatable bonds is 2. The predicted octanol–water partition coefficient (Wildman–Crippen LogP) is 1.15. The van der Waals surface area contributed by atoms with E-state index in [2.05, 4.69) is 0 Å². The number of carboxylic acid groups (broad SMARTS) is 1. The second-order valence-corrected chi connectivity index (χ2v) is 5.33. The third-order valence-corrected chi connectivity index (χ3v) is 3.87. The summed E-state index contributed by atoms with van der Waals surface area (Å²) in [5, 5.41) is 9.08. The van der Waals surface area contributed by atoms with Crippen molar-refractivity contribution in [2.24, 2.45) is 5.92 Å². The third kappa shape index (κ3) is 2.79. The van der Waals surface area contributed by atoms with Gasteiger partial charge in [-0.1, -0.05) is 12.1 Å². The van der Waals surface area contributed by atoms with Crippen LogP contribution in [0, 0.1) is 5.92 Å². The fourth-order valence-corrected chi connectivity index (χ4v) is 2.72. The molecule has 0 aromatic heterocycles. The maximum atomic E-state index is 12.5. The van der Waals surface area contributed by atoms with Crippen molar-refractivity contribution in [2.75, 3.05) is 19.7 Å². The van der Waals surface area contributed by atoms with Crippen LogP contribution < -0.4 is 9.47 Å². The first-order valence-electron chi connectivity index (χ1n) is 7.05. The number of amides is 1. The van der Waals surface area contributed by atoms with Crippen LogP contribution in [0.4, 0.5) is 0 Å². The Bertz CT molecular complexity index is 559. The Hall–Kier alpha value is -2.24. The molecule has 21 heavy (non-hydrogen) atoms. The Morgan fingerprint density at radius 2 is 2.00 bits per heavy atom. The maximum Gasteiger partial charge on any atom is 0.308 e. The number of hydrogen-bond donors (Lipinski definition) is 1. The molecule has 3 rings (SSSR count). The summed E-state index contributed by atoms with van der Waals surface area (Å²) in [5.74, 6) is -0.355. The van der Waals surface area contributed by atoms with Gasteiger partial charge in [-0.15, -0.1) is 0 Å². The molecular formula is C15H17NO5. The maximum absolute atomic E-state index is 12.5. The summed E-state index contributed by atoms with van der Waals surface area (Å²) in [5.41, 5.74) is 0. The largest absolute Gasteiger partial charge is 0.485 e. The van der Waals surface area contributed by atoms with Gasteiger partial charge in [0.25, 0.3) is 5.91 Å². The van der Waals surface area contributed by atoms with Crippen LogP contribution in [0.25, 0.3) is 0 Å². The lowest BCUT2D eigenvalue weighted by atomic mass is 9.98. The summed E-state index contributed by atoms with van der Waals surface area (Å²) in [6.07, 6.45) is 0.615. The average Bonchev–Trinajstić information content (AvgIpc) is 2.53. The zero-order valence-corrected chi connectivity index (χ0v) is 11.5. The van der Waals surface area contributed by atoms with E-state index in [9.17, 15) is 9.59 Å². The smallest absolute Gasteiger partial charge is 0.308 e. The number of carboxylic acids is 1. The van der Waals surface area contributed by atoms with Crippen molar-refractivity contribution in [3.8, 4) is 11.5 Å². The van der Waals surface area contributed by atoms with Crippen LogP contribution >= 0.6 is 0 Å². The van der Waals surface area contributed by atoms with E-state index in [0.29, 0.717) is 30.9 Å². The molecule has 0 aliphatic carbocycles. The normalized spacial score (nSPS) is 24.5. The minimum Gasteiger partial charge on any atom is -0.485 e.